The lowest BCUT2D eigenvalue weighted by Crippen LogP contribution is -2.42. The van der Waals surface area contributed by atoms with Crippen LogP contribution in [0.4, 0.5) is 0 Å². The molecule has 0 saturated carbocycles. The zero-order valence-electron chi connectivity index (χ0n) is 15.4. The molecule has 2 aliphatic rings. The van der Waals surface area contributed by atoms with E-state index in [1.54, 1.807) is 6.26 Å². The molecule has 2 saturated heterocycles. The summed E-state index contributed by atoms with van der Waals surface area (Å²) in [6.45, 7) is 5.53. The molecule has 7 heteroatoms. The first-order chi connectivity index (χ1) is 12.8. The zero-order valence-corrected chi connectivity index (χ0v) is 15.4. The first-order valence-electron chi connectivity index (χ1n) is 9.61. The fourth-order valence-corrected chi connectivity index (χ4v) is 3.45. The third-order valence-electron chi connectivity index (χ3n) is 5.23. The van der Waals surface area contributed by atoms with Gasteiger partial charge in [0.15, 0.2) is 5.96 Å². The molecule has 0 radical (unpaired) electrons. The maximum Gasteiger partial charge on any atom is 0.191 e. The van der Waals surface area contributed by atoms with Gasteiger partial charge in [0.25, 0.3) is 0 Å². The van der Waals surface area contributed by atoms with Crippen molar-refractivity contribution >= 4 is 5.96 Å². The quantitative estimate of drug-likeness (QED) is 0.450. The predicted octanol–water partition coefficient (Wildman–Crippen LogP) is 1.18. The molecule has 7 nitrogen and oxygen atoms in total. The summed E-state index contributed by atoms with van der Waals surface area (Å²) in [6.07, 6.45) is 5.28. The van der Waals surface area contributed by atoms with E-state index in [1.165, 1.54) is 0 Å². The summed E-state index contributed by atoms with van der Waals surface area (Å²) in [4.78, 5) is 4.81. The standard InChI is InChI=1S/C19H31N3O4/c23-8-5-19(6-11-25-15-19)14-22-18(21-12-16-4-10-24-13-16)20-7-3-17-2-1-9-26-17/h1-2,9,16,23H,3-8,10-15H2,(H2,20,21,22). The van der Waals surface area contributed by atoms with Crippen LogP contribution in [-0.2, 0) is 15.9 Å². The number of hydrogen-bond donors (Lipinski definition) is 3. The Kier molecular flexibility index (Phi) is 7.34. The maximum atomic E-state index is 9.39. The van der Waals surface area contributed by atoms with E-state index >= 15 is 0 Å². The minimum atomic E-state index is -0.0408. The smallest absolute Gasteiger partial charge is 0.191 e. The molecule has 2 atom stereocenters. The Morgan fingerprint density at radius 2 is 2.27 bits per heavy atom. The second kappa shape index (κ2) is 9.94. The molecule has 0 amide bonds. The molecule has 0 spiro atoms. The van der Waals surface area contributed by atoms with Crippen molar-refractivity contribution in [1.29, 1.82) is 0 Å². The Morgan fingerprint density at radius 3 is 2.96 bits per heavy atom. The van der Waals surface area contributed by atoms with Crippen LogP contribution >= 0.6 is 0 Å². The average Bonchev–Trinajstić information content (AvgIpc) is 3.40. The van der Waals surface area contributed by atoms with E-state index in [1.807, 2.05) is 12.1 Å². The highest BCUT2D eigenvalue weighted by Gasteiger charge is 2.34. The van der Waals surface area contributed by atoms with Crippen molar-refractivity contribution in [2.45, 2.75) is 25.7 Å². The van der Waals surface area contributed by atoms with Crippen LogP contribution in [0.25, 0.3) is 0 Å². The number of rotatable bonds is 9. The van der Waals surface area contributed by atoms with Crippen LogP contribution in [0.3, 0.4) is 0 Å². The number of nitrogens with zero attached hydrogens (tertiary/aromatic N) is 1. The number of hydrogen-bond acceptors (Lipinski definition) is 5. The first-order valence-corrected chi connectivity index (χ1v) is 9.61. The average molecular weight is 365 g/mol. The van der Waals surface area contributed by atoms with Crippen LogP contribution < -0.4 is 10.6 Å². The van der Waals surface area contributed by atoms with Gasteiger partial charge in [-0.05, 0) is 31.4 Å². The molecule has 1 aromatic heterocycles. The van der Waals surface area contributed by atoms with E-state index in [0.29, 0.717) is 19.1 Å². The lowest BCUT2D eigenvalue weighted by atomic mass is 9.84. The molecular weight excluding hydrogens is 334 g/mol. The summed E-state index contributed by atoms with van der Waals surface area (Å²) < 4.78 is 16.4. The van der Waals surface area contributed by atoms with Gasteiger partial charge >= 0.3 is 0 Å². The molecule has 26 heavy (non-hydrogen) atoms. The van der Waals surface area contributed by atoms with Crippen molar-refractivity contribution in [3.8, 4) is 0 Å². The van der Waals surface area contributed by atoms with Crippen LogP contribution in [0.5, 0.6) is 0 Å². The van der Waals surface area contributed by atoms with Crippen LogP contribution in [-0.4, -0.2) is 63.7 Å². The van der Waals surface area contributed by atoms with E-state index < -0.39 is 0 Å². The van der Waals surface area contributed by atoms with Gasteiger partial charge in [0.1, 0.15) is 5.76 Å². The molecule has 2 aliphatic heterocycles. The monoisotopic (exact) mass is 365 g/mol. The molecule has 146 valence electrons. The zero-order chi connectivity index (χ0) is 18.1. The predicted molar refractivity (Wildman–Crippen MR) is 99.2 cm³/mol. The van der Waals surface area contributed by atoms with Gasteiger partial charge in [0, 0.05) is 50.7 Å². The summed E-state index contributed by atoms with van der Waals surface area (Å²) in [5.41, 5.74) is -0.0408. The molecule has 3 heterocycles. The molecule has 1 aromatic rings. The number of ether oxygens (including phenoxy) is 2. The van der Waals surface area contributed by atoms with Crippen molar-refractivity contribution < 1.29 is 19.0 Å². The van der Waals surface area contributed by atoms with Crippen LogP contribution in [0.1, 0.15) is 25.0 Å². The lowest BCUT2D eigenvalue weighted by molar-refractivity contribution is 0.131. The summed E-state index contributed by atoms with van der Waals surface area (Å²) >= 11 is 0. The topological polar surface area (TPSA) is 88.3 Å². The Labute approximate surface area is 155 Å². The third kappa shape index (κ3) is 5.72. The highest BCUT2D eigenvalue weighted by atomic mass is 16.5. The van der Waals surface area contributed by atoms with Gasteiger partial charge in [-0.3, -0.25) is 4.99 Å². The number of furan rings is 1. The van der Waals surface area contributed by atoms with Gasteiger partial charge in [-0.15, -0.1) is 0 Å². The number of aliphatic hydroxyl groups excluding tert-OH is 1. The molecule has 0 bridgehead atoms. The normalized spacial score (nSPS) is 26.3. The number of guanidine groups is 1. The van der Waals surface area contributed by atoms with Gasteiger partial charge in [0.2, 0.25) is 0 Å². The molecule has 2 fully saturated rings. The van der Waals surface area contributed by atoms with Crippen molar-refractivity contribution in [2.75, 3.05) is 52.7 Å². The van der Waals surface area contributed by atoms with Crippen molar-refractivity contribution in [3.05, 3.63) is 24.2 Å². The number of aliphatic imine (C=N–C) groups is 1. The Balaban J connectivity index is 1.54. The maximum absolute atomic E-state index is 9.39. The van der Waals surface area contributed by atoms with Gasteiger partial charge < -0.3 is 29.6 Å². The Hall–Kier alpha value is -1.57. The number of nitrogens with one attached hydrogen (secondary N) is 2. The molecule has 3 rings (SSSR count). The highest BCUT2D eigenvalue weighted by Crippen LogP contribution is 2.32. The number of aliphatic hydroxyl groups is 1. The summed E-state index contributed by atoms with van der Waals surface area (Å²) in [5.74, 6) is 2.31. The third-order valence-corrected chi connectivity index (χ3v) is 5.23. The second-order valence-electron chi connectivity index (χ2n) is 7.31. The molecule has 0 aliphatic carbocycles. The molecule has 3 N–H and O–H groups in total. The van der Waals surface area contributed by atoms with Crippen molar-refractivity contribution in [2.24, 2.45) is 16.3 Å². The van der Waals surface area contributed by atoms with Gasteiger partial charge in [0.05, 0.1) is 26.0 Å². The van der Waals surface area contributed by atoms with E-state index in [-0.39, 0.29) is 12.0 Å². The fraction of sp³-hybridized carbons (Fsp3) is 0.737. The largest absolute Gasteiger partial charge is 0.469 e. The minimum absolute atomic E-state index is 0.0408. The highest BCUT2D eigenvalue weighted by molar-refractivity contribution is 5.79. The first kappa shape index (κ1) is 19.2. The van der Waals surface area contributed by atoms with Crippen molar-refractivity contribution in [1.82, 2.24) is 10.6 Å². The Morgan fingerprint density at radius 1 is 1.31 bits per heavy atom. The molecule has 2 unspecified atom stereocenters. The van der Waals surface area contributed by atoms with Crippen LogP contribution in [0.2, 0.25) is 0 Å². The fourth-order valence-electron chi connectivity index (χ4n) is 3.45. The van der Waals surface area contributed by atoms with E-state index in [9.17, 15) is 5.11 Å². The molecule has 0 aromatic carbocycles. The summed E-state index contributed by atoms with van der Waals surface area (Å²) in [6, 6.07) is 3.88. The lowest BCUT2D eigenvalue weighted by Gasteiger charge is -2.25. The summed E-state index contributed by atoms with van der Waals surface area (Å²) in [5, 5.41) is 16.2. The van der Waals surface area contributed by atoms with E-state index in [0.717, 1.165) is 70.3 Å². The van der Waals surface area contributed by atoms with Crippen molar-refractivity contribution in [3.63, 3.8) is 0 Å². The van der Waals surface area contributed by atoms with Gasteiger partial charge in [-0.1, -0.05) is 0 Å². The minimum Gasteiger partial charge on any atom is -0.469 e. The van der Waals surface area contributed by atoms with Crippen LogP contribution in [0, 0.1) is 11.3 Å². The Bertz CT molecular complexity index is 535. The summed E-state index contributed by atoms with van der Waals surface area (Å²) in [7, 11) is 0. The van der Waals surface area contributed by atoms with Gasteiger partial charge in [-0.25, -0.2) is 0 Å². The van der Waals surface area contributed by atoms with E-state index in [4.69, 9.17) is 18.9 Å². The van der Waals surface area contributed by atoms with E-state index in [2.05, 4.69) is 10.6 Å². The van der Waals surface area contributed by atoms with Crippen LogP contribution in [0.15, 0.2) is 27.8 Å². The molecular formula is C19H31N3O4. The SMILES string of the molecule is OCCC1(CN=C(NCCc2ccco2)NCC2CCOC2)CCOC1. The van der Waals surface area contributed by atoms with Gasteiger partial charge in [-0.2, -0.15) is 0 Å². The second-order valence-corrected chi connectivity index (χ2v) is 7.31.